The van der Waals surface area contributed by atoms with Gasteiger partial charge in [0.2, 0.25) is 10.0 Å². The lowest BCUT2D eigenvalue weighted by Crippen LogP contribution is -2.49. The molecule has 0 bridgehead atoms. The molecule has 1 atom stereocenters. The molecule has 36 heavy (non-hydrogen) atoms. The number of piperazine rings is 1. The molecule has 0 amide bonds. The predicted octanol–water partition coefficient (Wildman–Crippen LogP) is 3.74. The molecule has 1 saturated heterocycles. The van der Waals surface area contributed by atoms with Gasteiger partial charge in [-0.15, -0.1) is 0 Å². The number of nitrogens with zero attached hydrogens (tertiary/aromatic N) is 3. The summed E-state index contributed by atoms with van der Waals surface area (Å²) in [6.45, 7) is 3.28. The Bertz CT molecular complexity index is 1230. The van der Waals surface area contributed by atoms with Gasteiger partial charge >= 0.3 is 0 Å². The molecule has 192 valence electrons. The van der Waals surface area contributed by atoms with E-state index in [-0.39, 0.29) is 23.3 Å². The SMILES string of the molecule is COc1ccc(S(=O)(=O)NCC(c2ccc(N(C)C)cc2)N2CCN(c3ccc(F)cc3)CC2)cc1. The van der Waals surface area contributed by atoms with Crippen molar-refractivity contribution in [3.8, 4) is 5.75 Å². The minimum atomic E-state index is -3.69. The van der Waals surface area contributed by atoms with E-state index in [0.29, 0.717) is 5.75 Å². The van der Waals surface area contributed by atoms with Gasteiger partial charge in [0.15, 0.2) is 0 Å². The highest BCUT2D eigenvalue weighted by atomic mass is 32.2. The number of methoxy groups -OCH3 is 1. The fourth-order valence-corrected chi connectivity index (χ4v) is 5.46. The van der Waals surface area contributed by atoms with Crippen molar-refractivity contribution >= 4 is 21.4 Å². The maximum Gasteiger partial charge on any atom is 0.240 e. The second-order valence-electron chi connectivity index (χ2n) is 9.03. The zero-order valence-corrected chi connectivity index (χ0v) is 21.7. The summed E-state index contributed by atoms with van der Waals surface area (Å²) in [6, 6.07) is 21.0. The molecular formula is C27H33FN4O3S. The first kappa shape index (κ1) is 25.9. The van der Waals surface area contributed by atoms with E-state index in [1.807, 2.05) is 19.0 Å². The average molecular weight is 513 g/mol. The van der Waals surface area contributed by atoms with Gasteiger partial charge in [-0.2, -0.15) is 0 Å². The summed E-state index contributed by atoms with van der Waals surface area (Å²) >= 11 is 0. The quantitative estimate of drug-likeness (QED) is 0.471. The summed E-state index contributed by atoms with van der Waals surface area (Å²) in [6.07, 6.45) is 0. The number of halogens is 1. The lowest BCUT2D eigenvalue weighted by Gasteiger charge is -2.40. The van der Waals surface area contributed by atoms with Crippen molar-refractivity contribution < 1.29 is 17.5 Å². The van der Waals surface area contributed by atoms with Crippen LogP contribution in [0.1, 0.15) is 11.6 Å². The average Bonchev–Trinajstić information content (AvgIpc) is 2.90. The molecule has 1 fully saturated rings. The van der Waals surface area contributed by atoms with Gasteiger partial charge in [0.25, 0.3) is 0 Å². The molecule has 0 radical (unpaired) electrons. The lowest BCUT2D eigenvalue weighted by molar-refractivity contribution is 0.187. The van der Waals surface area contributed by atoms with Crippen molar-refractivity contribution in [2.45, 2.75) is 10.9 Å². The number of sulfonamides is 1. The summed E-state index contributed by atoms with van der Waals surface area (Å²) in [7, 11) is 1.83. The molecule has 0 spiro atoms. The van der Waals surface area contributed by atoms with Crippen molar-refractivity contribution in [1.82, 2.24) is 9.62 Å². The summed E-state index contributed by atoms with van der Waals surface area (Å²) in [5, 5.41) is 0. The van der Waals surface area contributed by atoms with E-state index in [9.17, 15) is 12.8 Å². The van der Waals surface area contributed by atoms with Crippen molar-refractivity contribution in [3.05, 3.63) is 84.2 Å². The first-order chi connectivity index (χ1) is 17.3. The maximum absolute atomic E-state index is 13.3. The molecule has 1 N–H and O–H groups in total. The third kappa shape index (κ3) is 6.16. The lowest BCUT2D eigenvalue weighted by atomic mass is 10.0. The van der Waals surface area contributed by atoms with Crippen LogP contribution in [0.4, 0.5) is 15.8 Å². The summed E-state index contributed by atoms with van der Waals surface area (Å²) in [5.41, 5.74) is 3.12. The van der Waals surface area contributed by atoms with E-state index in [1.165, 1.54) is 12.1 Å². The topological polar surface area (TPSA) is 65.1 Å². The first-order valence-electron chi connectivity index (χ1n) is 11.9. The molecule has 7 nitrogen and oxygen atoms in total. The molecule has 1 aliphatic rings. The van der Waals surface area contributed by atoms with E-state index in [0.717, 1.165) is 43.1 Å². The number of ether oxygens (including phenoxy) is 1. The van der Waals surface area contributed by atoms with Gasteiger partial charge in [0.1, 0.15) is 11.6 Å². The molecule has 0 aliphatic carbocycles. The van der Waals surface area contributed by atoms with Crippen LogP contribution in [-0.2, 0) is 10.0 Å². The Balaban J connectivity index is 1.51. The number of nitrogens with one attached hydrogen (secondary N) is 1. The number of anilines is 2. The van der Waals surface area contributed by atoms with Gasteiger partial charge in [-0.25, -0.2) is 17.5 Å². The molecule has 3 aromatic carbocycles. The highest BCUT2D eigenvalue weighted by Gasteiger charge is 2.27. The second kappa shape index (κ2) is 11.3. The van der Waals surface area contributed by atoms with Crippen molar-refractivity contribution in [1.29, 1.82) is 0 Å². The molecule has 1 unspecified atom stereocenters. The molecule has 1 heterocycles. The van der Waals surface area contributed by atoms with Gasteiger partial charge in [-0.05, 0) is 66.2 Å². The molecule has 4 rings (SSSR count). The van der Waals surface area contributed by atoms with Crippen LogP contribution in [0.15, 0.2) is 77.7 Å². The Hall–Kier alpha value is -3.14. The van der Waals surface area contributed by atoms with Crippen LogP contribution in [0, 0.1) is 5.82 Å². The monoisotopic (exact) mass is 512 g/mol. The van der Waals surface area contributed by atoms with Crippen LogP contribution in [0.3, 0.4) is 0 Å². The Kier molecular flexibility index (Phi) is 8.13. The molecule has 9 heteroatoms. The Morgan fingerprint density at radius 2 is 1.53 bits per heavy atom. The Labute approximate surface area is 213 Å². The zero-order chi connectivity index (χ0) is 25.7. The predicted molar refractivity (Wildman–Crippen MR) is 142 cm³/mol. The first-order valence-corrected chi connectivity index (χ1v) is 13.4. The van der Waals surface area contributed by atoms with Crippen LogP contribution < -0.4 is 19.3 Å². The molecule has 1 aliphatic heterocycles. The third-order valence-corrected chi connectivity index (χ3v) is 8.02. The van der Waals surface area contributed by atoms with E-state index >= 15 is 0 Å². The molecule has 3 aromatic rings. The van der Waals surface area contributed by atoms with E-state index in [2.05, 4.69) is 38.8 Å². The van der Waals surface area contributed by atoms with Crippen LogP contribution in [-0.4, -0.2) is 67.2 Å². The Morgan fingerprint density at radius 3 is 2.08 bits per heavy atom. The van der Waals surface area contributed by atoms with Gasteiger partial charge < -0.3 is 14.5 Å². The van der Waals surface area contributed by atoms with Crippen LogP contribution in [0.5, 0.6) is 5.75 Å². The molecule has 0 saturated carbocycles. The number of hydrogen-bond donors (Lipinski definition) is 1. The van der Waals surface area contributed by atoms with E-state index in [1.54, 1.807) is 43.5 Å². The maximum atomic E-state index is 13.3. The summed E-state index contributed by atoms with van der Waals surface area (Å²) in [5.74, 6) is 0.356. The number of rotatable bonds is 9. The van der Waals surface area contributed by atoms with E-state index < -0.39 is 10.0 Å². The number of benzene rings is 3. The van der Waals surface area contributed by atoms with Gasteiger partial charge in [0, 0.05) is 64.2 Å². The van der Waals surface area contributed by atoms with Gasteiger partial charge in [0.05, 0.1) is 12.0 Å². The van der Waals surface area contributed by atoms with E-state index in [4.69, 9.17) is 4.74 Å². The second-order valence-corrected chi connectivity index (χ2v) is 10.8. The summed E-state index contributed by atoms with van der Waals surface area (Å²) < 4.78 is 47.4. The standard InChI is InChI=1S/C27H33FN4O3S/c1-30(2)23-8-4-21(5-9-23)27(20-29-36(33,34)26-14-12-25(35-3)13-15-26)32-18-16-31(17-19-32)24-10-6-22(28)7-11-24/h4-15,27,29H,16-20H2,1-3H3. The Morgan fingerprint density at radius 1 is 0.917 bits per heavy atom. The summed E-state index contributed by atoms with van der Waals surface area (Å²) in [4.78, 5) is 6.77. The zero-order valence-electron chi connectivity index (χ0n) is 20.9. The highest BCUT2D eigenvalue weighted by Crippen LogP contribution is 2.26. The largest absolute Gasteiger partial charge is 0.497 e. The fraction of sp³-hybridized carbons (Fsp3) is 0.333. The fourth-order valence-electron chi connectivity index (χ4n) is 4.42. The van der Waals surface area contributed by atoms with Crippen molar-refractivity contribution in [3.63, 3.8) is 0 Å². The molecule has 0 aromatic heterocycles. The minimum absolute atomic E-state index is 0.135. The highest BCUT2D eigenvalue weighted by molar-refractivity contribution is 7.89. The third-order valence-electron chi connectivity index (χ3n) is 6.58. The van der Waals surface area contributed by atoms with Crippen LogP contribution in [0.2, 0.25) is 0 Å². The van der Waals surface area contributed by atoms with Crippen LogP contribution >= 0.6 is 0 Å². The van der Waals surface area contributed by atoms with Gasteiger partial charge in [-0.1, -0.05) is 12.1 Å². The molecular weight excluding hydrogens is 479 g/mol. The van der Waals surface area contributed by atoms with Crippen molar-refractivity contribution in [2.24, 2.45) is 0 Å². The van der Waals surface area contributed by atoms with Crippen LogP contribution in [0.25, 0.3) is 0 Å². The van der Waals surface area contributed by atoms with Gasteiger partial charge in [-0.3, -0.25) is 4.90 Å². The minimum Gasteiger partial charge on any atom is -0.497 e. The smallest absolute Gasteiger partial charge is 0.240 e. The van der Waals surface area contributed by atoms with Crippen molar-refractivity contribution in [2.75, 3.05) is 63.7 Å². The normalized spacial score (nSPS) is 15.5. The number of hydrogen-bond acceptors (Lipinski definition) is 6.